The van der Waals surface area contributed by atoms with Gasteiger partial charge in [0, 0.05) is 23.8 Å². The number of rotatable bonds is 3. The van der Waals surface area contributed by atoms with Gasteiger partial charge in [-0.05, 0) is 69.3 Å². The molecule has 0 fully saturated rings. The zero-order valence-electron chi connectivity index (χ0n) is 12.4. The normalized spacial score (nSPS) is 11.0. The number of ether oxygens (including phenoxy) is 1. The molecule has 4 heteroatoms. The lowest BCUT2D eigenvalue weighted by Crippen LogP contribution is -1.81. The summed E-state index contributed by atoms with van der Waals surface area (Å²) in [4.78, 5) is 3.86. The van der Waals surface area contributed by atoms with E-state index in [2.05, 4.69) is 64.5 Å². The monoisotopic (exact) mass is 400 g/mol. The molecule has 2 heterocycles. The molecule has 0 aliphatic heterocycles. The van der Waals surface area contributed by atoms with Gasteiger partial charge in [0.15, 0.2) is 0 Å². The summed E-state index contributed by atoms with van der Waals surface area (Å²) in [5.41, 5.74) is 1.20. The van der Waals surface area contributed by atoms with E-state index in [1.807, 2.05) is 34.8 Å². The van der Waals surface area contributed by atoms with Gasteiger partial charge in [-0.3, -0.25) is 0 Å². The van der Waals surface area contributed by atoms with Gasteiger partial charge >= 0.3 is 0 Å². The Kier molecular flexibility index (Phi) is 3.97. The Labute approximate surface area is 151 Å². The molecule has 0 saturated heterocycles. The molecule has 4 aromatic rings. The number of halogens is 1. The van der Waals surface area contributed by atoms with Crippen LogP contribution in [0.25, 0.3) is 30.3 Å². The first kappa shape index (κ1) is 14.9. The van der Waals surface area contributed by atoms with Crippen LogP contribution in [-0.4, -0.2) is 7.11 Å². The number of benzene rings is 2. The van der Waals surface area contributed by atoms with E-state index in [0.717, 1.165) is 10.2 Å². The molecule has 0 aliphatic carbocycles. The average Bonchev–Trinajstić information content (AvgIpc) is 3.18. The molecular formula is C19H13BrOS2. The third-order valence-corrected chi connectivity index (χ3v) is 7.09. The lowest BCUT2D eigenvalue weighted by atomic mass is 10.2. The second kappa shape index (κ2) is 6.11. The molecule has 0 amide bonds. The predicted molar refractivity (Wildman–Crippen MR) is 105 cm³/mol. The maximum Gasteiger partial charge on any atom is 0.118 e. The Hall–Kier alpha value is -1.62. The minimum Gasteiger partial charge on any atom is -0.497 e. The summed E-state index contributed by atoms with van der Waals surface area (Å²) in [7, 11) is 1.69. The fraction of sp³-hybridized carbons (Fsp3) is 0.0526. The molecule has 1 nitrogen and oxygen atoms in total. The summed E-state index contributed by atoms with van der Waals surface area (Å²) in [6.07, 6.45) is 0. The summed E-state index contributed by atoms with van der Waals surface area (Å²) in [5, 5.41) is 1.31. The summed E-state index contributed by atoms with van der Waals surface area (Å²) in [6.45, 7) is 0. The van der Waals surface area contributed by atoms with Crippen LogP contribution in [0.15, 0.2) is 65.1 Å². The topological polar surface area (TPSA) is 9.23 Å². The highest BCUT2D eigenvalue weighted by atomic mass is 79.9. The number of hydrogen-bond donors (Lipinski definition) is 0. The highest BCUT2D eigenvalue weighted by Gasteiger charge is 2.12. The molecule has 0 radical (unpaired) electrons. The molecule has 2 aromatic heterocycles. The van der Waals surface area contributed by atoms with E-state index in [9.17, 15) is 0 Å². The van der Waals surface area contributed by atoms with Gasteiger partial charge in [-0.2, -0.15) is 0 Å². The lowest BCUT2D eigenvalue weighted by molar-refractivity contribution is 0.415. The van der Waals surface area contributed by atoms with Gasteiger partial charge in [-0.1, -0.05) is 18.2 Å². The molecule has 0 saturated carbocycles. The van der Waals surface area contributed by atoms with Crippen molar-refractivity contribution in [1.29, 1.82) is 0 Å². The van der Waals surface area contributed by atoms with E-state index in [-0.39, 0.29) is 0 Å². The minimum atomic E-state index is 0.881. The van der Waals surface area contributed by atoms with Crippen LogP contribution < -0.4 is 4.74 Å². The molecule has 114 valence electrons. The van der Waals surface area contributed by atoms with Crippen LogP contribution >= 0.6 is 38.6 Å². The van der Waals surface area contributed by atoms with Crippen molar-refractivity contribution in [3.05, 3.63) is 65.1 Å². The third-order valence-electron chi connectivity index (χ3n) is 3.71. The van der Waals surface area contributed by atoms with E-state index < -0.39 is 0 Å². The van der Waals surface area contributed by atoms with Gasteiger partial charge in [-0.15, -0.1) is 22.7 Å². The van der Waals surface area contributed by atoms with E-state index in [0.29, 0.717) is 0 Å². The first-order chi connectivity index (χ1) is 11.2. The number of methoxy groups -OCH3 is 1. The highest BCUT2D eigenvalue weighted by molar-refractivity contribution is 9.10. The molecule has 0 N–H and O–H groups in total. The van der Waals surface area contributed by atoms with Crippen LogP contribution in [0.5, 0.6) is 5.75 Å². The van der Waals surface area contributed by atoms with Crippen molar-refractivity contribution in [1.82, 2.24) is 0 Å². The maximum atomic E-state index is 5.24. The largest absolute Gasteiger partial charge is 0.497 e. The Balaban J connectivity index is 1.76. The maximum absolute atomic E-state index is 5.24. The molecule has 0 bridgehead atoms. The van der Waals surface area contributed by atoms with Crippen molar-refractivity contribution in [3.63, 3.8) is 0 Å². The summed E-state index contributed by atoms with van der Waals surface area (Å²) in [5.74, 6) is 0.881. The SMILES string of the molecule is COc1ccc(-c2sc(-c3cc4ccccc4s3)cc2Br)cc1. The molecule has 0 unspecified atom stereocenters. The van der Waals surface area contributed by atoms with Crippen LogP contribution in [0.2, 0.25) is 0 Å². The molecule has 23 heavy (non-hydrogen) atoms. The third kappa shape index (κ3) is 2.82. The standard InChI is InChI=1S/C19H13BrOS2/c1-21-14-8-6-12(7-9-14)19-15(20)11-18(23-19)17-10-13-4-2-3-5-16(13)22-17/h2-11H,1H3. The molecular weight excluding hydrogens is 388 g/mol. The predicted octanol–water partition coefficient (Wildman–Crippen LogP) is 7.07. The van der Waals surface area contributed by atoms with Crippen LogP contribution in [0.3, 0.4) is 0 Å². The fourth-order valence-electron chi connectivity index (χ4n) is 2.53. The van der Waals surface area contributed by atoms with Gasteiger partial charge in [0.25, 0.3) is 0 Å². The smallest absolute Gasteiger partial charge is 0.118 e. The number of thiophene rings is 2. The minimum absolute atomic E-state index is 0.881. The second-order valence-corrected chi connectivity index (χ2v) is 8.16. The van der Waals surface area contributed by atoms with Crippen molar-refractivity contribution < 1.29 is 4.74 Å². The Morgan fingerprint density at radius 2 is 1.61 bits per heavy atom. The fourth-order valence-corrected chi connectivity index (χ4v) is 5.58. The average molecular weight is 401 g/mol. The summed E-state index contributed by atoms with van der Waals surface area (Å²) < 4.78 is 7.71. The first-order valence-corrected chi connectivity index (χ1v) is 9.60. The van der Waals surface area contributed by atoms with Crippen LogP contribution in [0.4, 0.5) is 0 Å². The zero-order chi connectivity index (χ0) is 15.8. The number of hydrogen-bond acceptors (Lipinski definition) is 3. The second-order valence-electron chi connectivity index (χ2n) is 5.16. The van der Waals surface area contributed by atoms with Gasteiger partial charge < -0.3 is 4.74 Å². The highest BCUT2D eigenvalue weighted by Crippen LogP contribution is 2.44. The van der Waals surface area contributed by atoms with E-state index in [1.54, 1.807) is 7.11 Å². The van der Waals surface area contributed by atoms with Gasteiger partial charge in [0.2, 0.25) is 0 Å². The summed E-state index contributed by atoms with van der Waals surface area (Å²) >= 11 is 7.37. The van der Waals surface area contributed by atoms with Crippen molar-refractivity contribution in [2.45, 2.75) is 0 Å². The molecule has 4 rings (SSSR count). The lowest BCUT2D eigenvalue weighted by Gasteiger charge is -2.01. The quantitative estimate of drug-likeness (QED) is 0.357. The Bertz CT molecular complexity index is 934. The summed E-state index contributed by atoms with van der Waals surface area (Å²) in [6, 6.07) is 21.2. The Morgan fingerprint density at radius 3 is 2.35 bits per heavy atom. The van der Waals surface area contributed by atoms with Gasteiger partial charge in [-0.25, -0.2) is 0 Å². The van der Waals surface area contributed by atoms with Crippen molar-refractivity contribution in [2.75, 3.05) is 7.11 Å². The van der Waals surface area contributed by atoms with Gasteiger partial charge in [0.1, 0.15) is 5.75 Å². The van der Waals surface area contributed by atoms with E-state index >= 15 is 0 Å². The molecule has 2 aromatic carbocycles. The molecule has 0 atom stereocenters. The van der Waals surface area contributed by atoms with Crippen LogP contribution in [-0.2, 0) is 0 Å². The Morgan fingerprint density at radius 1 is 0.870 bits per heavy atom. The van der Waals surface area contributed by atoms with Crippen molar-refractivity contribution in [2.24, 2.45) is 0 Å². The van der Waals surface area contributed by atoms with Gasteiger partial charge in [0.05, 0.1) is 7.11 Å². The van der Waals surface area contributed by atoms with Crippen LogP contribution in [0, 0.1) is 0 Å². The molecule has 0 spiro atoms. The van der Waals surface area contributed by atoms with Crippen LogP contribution in [0.1, 0.15) is 0 Å². The van der Waals surface area contributed by atoms with Crippen molar-refractivity contribution >= 4 is 48.7 Å². The number of fused-ring (bicyclic) bond motifs is 1. The van der Waals surface area contributed by atoms with E-state index in [1.165, 1.54) is 30.3 Å². The van der Waals surface area contributed by atoms with Crippen molar-refractivity contribution in [3.8, 4) is 25.9 Å². The van der Waals surface area contributed by atoms with E-state index in [4.69, 9.17) is 4.74 Å². The zero-order valence-corrected chi connectivity index (χ0v) is 15.6. The first-order valence-electron chi connectivity index (χ1n) is 7.17. The molecule has 0 aliphatic rings.